The van der Waals surface area contributed by atoms with Gasteiger partial charge in [-0.05, 0) is 36.5 Å². The summed E-state index contributed by atoms with van der Waals surface area (Å²) in [5.41, 5.74) is -7.41. The summed E-state index contributed by atoms with van der Waals surface area (Å²) in [7, 11) is -3.40. The van der Waals surface area contributed by atoms with E-state index in [1.54, 1.807) is 6.92 Å². The number of fused-ring (bicyclic) bond motifs is 2. The number of hydrogen-bond donors (Lipinski definition) is 1. The Kier molecular flexibility index (Phi) is 8.02. The van der Waals surface area contributed by atoms with E-state index in [-0.39, 0.29) is 47.8 Å². The number of rotatable bonds is 6. The molecule has 0 amide bonds. The van der Waals surface area contributed by atoms with Gasteiger partial charge in [0.1, 0.15) is 11.6 Å². The Labute approximate surface area is 230 Å². The summed E-state index contributed by atoms with van der Waals surface area (Å²) in [5, 5.41) is 8.47. The van der Waals surface area contributed by atoms with Gasteiger partial charge in [0.25, 0.3) is 5.60 Å². The van der Waals surface area contributed by atoms with E-state index in [9.17, 15) is 44.3 Å². The number of piperazine rings is 1. The molecule has 2 fully saturated rings. The second kappa shape index (κ2) is 10.4. The number of aliphatic hydroxyl groups is 1. The number of halogens is 9. The fourth-order valence-electron chi connectivity index (χ4n) is 5.70. The Morgan fingerprint density at radius 1 is 0.950 bits per heavy atom. The van der Waals surface area contributed by atoms with E-state index >= 15 is 4.39 Å². The monoisotopic (exact) mass is 620 g/mol. The smallest absolute Gasteiger partial charge is 0.369 e. The summed E-state index contributed by atoms with van der Waals surface area (Å²) < 4.78 is 136. The van der Waals surface area contributed by atoms with Crippen molar-refractivity contribution in [3.05, 3.63) is 57.6 Å². The van der Waals surface area contributed by atoms with Crippen molar-refractivity contribution in [3.8, 4) is 11.1 Å². The highest BCUT2D eigenvalue weighted by atomic mass is 35.5. The maximum atomic E-state index is 15.3. The Hall–Kier alpha value is -2.00. The lowest BCUT2D eigenvalue weighted by atomic mass is 9.88. The van der Waals surface area contributed by atoms with Crippen LogP contribution in [0.5, 0.6) is 0 Å². The van der Waals surface area contributed by atoms with Crippen molar-refractivity contribution < 1.29 is 48.6 Å². The molecule has 2 aromatic rings. The van der Waals surface area contributed by atoms with E-state index < -0.39 is 50.2 Å². The second-order valence-electron chi connectivity index (χ2n) is 10.1. The molecule has 1 N–H and O–H groups in total. The minimum absolute atomic E-state index is 0.0382. The van der Waals surface area contributed by atoms with Gasteiger partial charge in [-0.2, -0.15) is 30.6 Å². The van der Waals surface area contributed by atoms with Crippen LogP contribution < -0.4 is 0 Å². The summed E-state index contributed by atoms with van der Waals surface area (Å²) in [4.78, 5) is 1.91. The van der Waals surface area contributed by atoms with Crippen LogP contribution in [-0.4, -0.2) is 66.5 Å². The summed E-state index contributed by atoms with van der Waals surface area (Å²) >= 11 is 5.90. The molecule has 0 radical (unpaired) electrons. The minimum Gasteiger partial charge on any atom is -0.369 e. The highest BCUT2D eigenvalue weighted by Crippen LogP contribution is 2.52. The molecule has 2 aliphatic heterocycles. The highest BCUT2D eigenvalue weighted by molar-refractivity contribution is 7.88. The van der Waals surface area contributed by atoms with Crippen LogP contribution in [0.1, 0.15) is 36.5 Å². The van der Waals surface area contributed by atoms with Gasteiger partial charge in [0, 0.05) is 48.4 Å². The molecular formula is C25H25ClF8N2O3S. The molecule has 2 aromatic carbocycles. The van der Waals surface area contributed by atoms with Crippen LogP contribution in [0.3, 0.4) is 0 Å². The fourth-order valence-corrected chi connectivity index (χ4v) is 7.39. The van der Waals surface area contributed by atoms with Gasteiger partial charge in [-0.1, -0.05) is 36.7 Å². The average molecular weight is 621 g/mol. The third-order valence-corrected chi connectivity index (χ3v) is 9.24. The van der Waals surface area contributed by atoms with Gasteiger partial charge >= 0.3 is 12.4 Å². The molecule has 40 heavy (non-hydrogen) atoms. The summed E-state index contributed by atoms with van der Waals surface area (Å²) in [6.45, 7) is 2.54. The van der Waals surface area contributed by atoms with Crippen molar-refractivity contribution in [2.24, 2.45) is 0 Å². The first kappa shape index (κ1) is 30.9. The average Bonchev–Trinajstić information content (AvgIpc) is 3.12. The summed E-state index contributed by atoms with van der Waals surface area (Å²) in [6.07, 6.45) is -9.91. The van der Waals surface area contributed by atoms with E-state index in [1.807, 2.05) is 4.90 Å². The third kappa shape index (κ3) is 5.21. The normalized spacial score (nSPS) is 21.3. The second-order valence-corrected chi connectivity index (χ2v) is 12.4. The Bertz CT molecular complexity index is 1390. The van der Waals surface area contributed by atoms with Gasteiger partial charge in [0.15, 0.2) is 0 Å². The first-order valence-electron chi connectivity index (χ1n) is 12.2. The van der Waals surface area contributed by atoms with Gasteiger partial charge in [0.2, 0.25) is 10.0 Å². The topological polar surface area (TPSA) is 60.9 Å². The van der Waals surface area contributed by atoms with Crippen LogP contribution in [0.4, 0.5) is 35.1 Å². The molecule has 2 aliphatic rings. The van der Waals surface area contributed by atoms with Crippen molar-refractivity contribution in [2.45, 2.75) is 62.8 Å². The molecule has 2 atom stereocenters. The number of sulfonamides is 1. The van der Waals surface area contributed by atoms with Gasteiger partial charge in [-0.3, -0.25) is 4.90 Å². The van der Waals surface area contributed by atoms with E-state index in [2.05, 4.69) is 0 Å². The molecule has 0 spiro atoms. The van der Waals surface area contributed by atoms with Crippen molar-refractivity contribution in [1.29, 1.82) is 0 Å². The maximum absolute atomic E-state index is 15.3. The molecule has 0 aromatic heterocycles. The molecule has 222 valence electrons. The molecule has 2 saturated heterocycles. The fraction of sp³-hybridized carbons (Fsp3) is 0.520. The molecule has 2 bridgehead atoms. The molecular weight excluding hydrogens is 596 g/mol. The van der Waals surface area contributed by atoms with Gasteiger partial charge < -0.3 is 5.11 Å². The largest absolute Gasteiger partial charge is 0.430 e. The zero-order chi connectivity index (χ0) is 30.0. The Morgan fingerprint density at radius 2 is 1.50 bits per heavy atom. The Balaban J connectivity index is 1.68. The van der Waals surface area contributed by atoms with Crippen molar-refractivity contribution in [2.75, 3.05) is 19.3 Å². The molecule has 0 aliphatic carbocycles. The SMILES string of the molecule is CCc1cc(CN2CC3CCC(C2)N3S(C)(=O)=O)c(F)cc1-c1ccc(C(O)(C(F)(F)F)C(F)(F)F)c(F)c1Cl. The number of hydrogen-bond acceptors (Lipinski definition) is 4. The summed E-state index contributed by atoms with van der Waals surface area (Å²) in [6, 6.07) is 2.77. The van der Waals surface area contributed by atoms with Crippen LogP contribution in [0, 0.1) is 11.6 Å². The first-order valence-corrected chi connectivity index (χ1v) is 14.4. The standard InChI is InChI=1S/C25H25ClF8N2O3S/c1-3-13-8-14(10-35-11-15-4-5-16(12-35)36(15)40(2,38)39)20(27)9-18(13)17-6-7-19(22(28)21(17)26)23(37,24(29,30)31)25(32,33)34/h6-9,15-16,37H,3-5,10-12H2,1-2H3. The number of alkyl halides is 6. The highest BCUT2D eigenvalue weighted by Gasteiger charge is 2.72. The number of benzene rings is 2. The Morgan fingerprint density at radius 3 is 1.98 bits per heavy atom. The molecule has 5 nitrogen and oxygen atoms in total. The zero-order valence-corrected chi connectivity index (χ0v) is 22.7. The van der Waals surface area contributed by atoms with Crippen molar-refractivity contribution >= 4 is 21.6 Å². The van der Waals surface area contributed by atoms with Crippen LogP contribution in [-0.2, 0) is 28.6 Å². The van der Waals surface area contributed by atoms with E-state index in [0.717, 1.165) is 12.3 Å². The lowest BCUT2D eigenvalue weighted by Crippen LogP contribution is -2.55. The minimum atomic E-state index is -6.31. The van der Waals surface area contributed by atoms with Crippen LogP contribution in [0.25, 0.3) is 11.1 Å². The number of likely N-dealkylation sites (tertiary alicyclic amines) is 1. The van der Waals surface area contributed by atoms with E-state index in [1.165, 1.54) is 10.4 Å². The number of nitrogens with zero attached hydrogens (tertiary/aromatic N) is 2. The molecule has 4 rings (SSSR count). The molecule has 2 heterocycles. The molecule has 15 heteroatoms. The molecule has 2 unspecified atom stereocenters. The lowest BCUT2D eigenvalue weighted by Gasteiger charge is -2.39. The van der Waals surface area contributed by atoms with E-state index in [4.69, 9.17) is 11.6 Å². The lowest BCUT2D eigenvalue weighted by molar-refractivity contribution is -0.377. The zero-order valence-electron chi connectivity index (χ0n) is 21.2. The number of aryl methyl sites for hydroxylation is 1. The van der Waals surface area contributed by atoms with Crippen molar-refractivity contribution in [1.82, 2.24) is 9.21 Å². The van der Waals surface area contributed by atoms with Crippen LogP contribution in [0.2, 0.25) is 5.02 Å². The molecule has 0 saturated carbocycles. The first-order chi connectivity index (χ1) is 18.3. The van der Waals surface area contributed by atoms with Gasteiger partial charge in [-0.25, -0.2) is 17.2 Å². The predicted molar refractivity (Wildman–Crippen MR) is 131 cm³/mol. The van der Waals surface area contributed by atoms with Gasteiger partial charge in [-0.15, -0.1) is 0 Å². The van der Waals surface area contributed by atoms with Gasteiger partial charge in [0.05, 0.1) is 11.3 Å². The quantitative estimate of drug-likeness (QED) is 0.417. The summed E-state index contributed by atoms with van der Waals surface area (Å²) in [5.74, 6) is -2.91. The van der Waals surface area contributed by atoms with Crippen LogP contribution >= 0.6 is 11.6 Å². The third-order valence-electron chi connectivity index (χ3n) is 7.50. The maximum Gasteiger partial charge on any atom is 0.430 e. The van der Waals surface area contributed by atoms with Crippen molar-refractivity contribution in [3.63, 3.8) is 0 Å². The van der Waals surface area contributed by atoms with E-state index in [0.29, 0.717) is 37.6 Å². The predicted octanol–water partition coefficient (Wildman–Crippen LogP) is 5.77. The van der Waals surface area contributed by atoms with Crippen LogP contribution in [0.15, 0.2) is 24.3 Å².